The van der Waals surface area contributed by atoms with E-state index >= 15 is 0 Å². The Balaban J connectivity index is 1.52. The van der Waals surface area contributed by atoms with Crippen molar-refractivity contribution in [2.24, 2.45) is 0 Å². The number of fused-ring (bicyclic) bond motifs is 1. The highest BCUT2D eigenvalue weighted by atomic mass is 19.4. The molecule has 0 saturated heterocycles. The lowest BCUT2D eigenvalue weighted by Gasteiger charge is -2.28. The third kappa shape index (κ3) is 6.58. The smallest absolute Gasteiger partial charge is 0.418 e. The molecule has 1 aliphatic rings. The van der Waals surface area contributed by atoms with Crippen molar-refractivity contribution in [3.05, 3.63) is 77.2 Å². The number of carbonyl (C=O) groups excluding carboxylic acids is 2. The lowest BCUT2D eigenvalue weighted by molar-refractivity contribution is -0.137. The minimum absolute atomic E-state index is 0.117. The summed E-state index contributed by atoms with van der Waals surface area (Å²) in [5.74, 6) is 2.02. The van der Waals surface area contributed by atoms with Gasteiger partial charge < -0.3 is 29.0 Å². The molecule has 8 nitrogen and oxygen atoms in total. The molecule has 0 saturated carbocycles. The van der Waals surface area contributed by atoms with Crippen LogP contribution < -0.4 is 14.8 Å². The normalized spacial score (nSPS) is 12.3. The number of anilines is 1. The third-order valence-corrected chi connectivity index (χ3v) is 5.89. The van der Waals surface area contributed by atoms with Crippen molar-refractivity contribution in [1.82, 2.24) is 9.80 Å². The van der Waals surface area contributed by atoms with Crippen LogP contribution in [0.5, 0.6) is 11.5 Å². The van der Waals surface area contributed by atoms with Gasteiger partial charge in [-0.1, -0.05) is 25.1 Å². The summed E-state index contributed by atoms with van der Waals surface area (Å²) in [4.78, 5) is 29.2. The van der Waals surface area contributed by atoms with E-state index in [0.717, 1.165) is 11.6 Å². The molecule has 0 unspecified atom stereocenters. The second-order valence-corrected chi connectivity index (χ2v) is 8.84. The average molecular weight is 532 g/mol. The van der Waals surface area contributed by atoms with Gasteiger partial charge in [0.05, 0.1) is 17.8 Å². The van der Waals surface area contributed by atoms with Gasteiger partial charge in [0.2, 0.25) is 12.7 Å². The van der Waals surface area contributed by atoms with Crippen molar-refractivity contribution in [1.29, 1.82) is 0 Å². The summed E-state index contributed by atoms with van der Waals surface area (Å²) in [6.45, 7) is 3.88. The number of aryl methyl sites for hydroxylation is 1. The van der Waals surface area contributed by atoms with Gasteiger partial charge in [-0.2, -0.15) is 13.2 Å². The van der Waals surface area contributed by atoms with Gasteiger partial charge in [0.15, 0.2) is 11.5 Å². The molecule has 0 atom stereocenters. The fraction of sp³-hybridized carbons (Fsp3) is 0.333. The minimum atomic E-state index is -4.64. The third-order valence-electron chi connectivity index (χ3n) is 5.89. The van der Waals surface area contributed by atoms with E-state index in [4.69, 9.17) is 13.9 Å². The molecular weight excluding hydrogens is 503 g/mol. The van der Waals surface area contributed by atoms with Crippen LogP contribution in [0.2, 0.25) is 0 Å². The molecule has 4 rings (SSSR count). The summed E-state index contributed by atoms with van der Waals surface area (Å²) >= 11 is 0. The Morgan fingerprint density at radius 1 is 0.974 bits per heavy atom. The lowest BCUT2D eigenvalue weighted by Crippen LogP contribution is -2.44. The first kappa shape index (κ1) is 26.9. The predicted molar refractivity (Wildman–Crippen MR) is 133 cm³/mol. The standard InChI is InChI=1S/C27H28F3N3O5/c1-3-12-32(26(35)31-22-7-5-4-6-21(22)27(28,29)30)16-25(34)33(15-20-10-8-18(2)38-20)14-19-9-11-23-24(13-19)37-17-36-23/h4-11,13H,3,12,14-17H2,1-2H3,(H,31,35). The number of hydrogen-bond donors (Lipinski definition) is 1. The molecular formula is C27H28F3N3O5. The highest BCUT2D eigenvalue weighted by molar-refractivity contribution is 5.93. The highest BCUT2D eigenvalue weighted by Crippen LogP contribution is 2.35. The monoisotopic (exact) mass is 531 g/mol. The molecule has 3 amide bonds. The first-order chi connectivity index (χ1) is 18.1. The Morgan fingerprint density at radius 2 is 1.74 bits per heavy atom. The van der Waals surface area contributed by atoms with Crippen molar-refractivity contribution in [2.75, 3.05) is 25.2 Å². The van der Waals surface area contributed by atoms with Gasteiger partial charge >= 0.3 is 12.2 Å². The van der Waals surface area contributed by atoms with Gasteiger partial charge in [-0.3, -0.25) is 4.79 Å². The van der Waals surface area contributed by atoms with E-state index in [1.165, 1.54) is 28.0 Å². The fourth-order valence-corrected chi connectivity index (χ4v) is 4.07. The minimum Gasteiger partial charge on any atom is -0.464 e. The maximum Gasteiger partial charge on any atom is 0.418 e. The molecule has 202 valence electrons. The van der Waals surface area contributed by atoms with E-state index in [1.807, 2.05) is 13.0 Å². The van der Waals surface area contributed by atoms with Gasteiger partial charge in [0.1, 0.15) is 18.1 Å². The topological polar surface area (TPSA) is 84.2 Å². The fourth-order valence-electron chi connectivity index (χ4n) is 4.07. The van der Waals surface area contributed by atoms with Crippen LogP contribution in [0.4, 0.5) is 23.7 Å². The molecule has 38 heavy (non-hydrogen) atoms. The number of carbonyl (C=O) groups is 2. The van der Waals surface area contributed by atoms with Crippen molar-refractivity contribution in [3.63, 3.8) is 0 Å². The second kappa shape index (κ2) is 11.5. The van der Waals surface area contributed by atoms with Crippen molar-refractivity contribution >= 4 is 17.6 Å². The molecule has 0 radical (unpaired) electrons. The van der Waals surface area contributed by atoms with Crippen LogP contribution in [0.15, 0.2) is 59.0 Å². The van der Waals surface area contributed by atoms with Crippen molar-refractivity contribution < 1.29 is 36.7 Å². The average Bonchev–Trinajstić information content (AvgIpc) is 3.51. The quantitative estimate of drug-likeness (QED) is 0.377. The maximum atomic E-state index is 13.5. The number of nitrogens with one attached hydrogen (secondary N) is 1. The number of halogens is 3. The Bertz CT molecular complexity index is 1290. The number of para-hydroxylation sites is 1. The Hall–Kier alpha value is -4.15. The molecule has 3 aromatic rings. The molecule has 0 spiro atoms. The summed E-state index contributed by atoms with van der Waals surface area (Å²) in [7, 11) is 0. The van der Waals surface area contributed by atoms with Crippen LogP contribution in [-0.4, -0.2) is 41.6 Å². The van der Waals surface area contributed by atoms with E-state index in [9.17, 15) is 22.8 Å². The van der Waals surface area contributed by atoms with E-state index in [0.29, 0.717) is 29.4 Å². The van der Waals surface area contributed by atoms with Crippen LogP contribution in [0, 0.1) is 6.92 Å². The van der Waals surface area contributed by atoms with Gasteiger partial charge in [-0.05, 0) is 55.3 Å². The number of urea groups is 1. The predicted octanol–water partition coefficient (Wildman–Crippen LogP) is 5.81. The molecule has 1 N–H and O–H groups in total. The summed E-state index contributed by atoms with van der Waals surface area (Å²) in [6.07, 6.45) is -4.14. The van der Waals surface area contributed by atoms with Gasteiger partial charge in [0.25, 0.3) is 0 Å². The molecule has 11 heteroatoms. The second-order valence-electron chi connectivity index (χ2n) is 8.84. The number of rotatable bonds is 9. The number of benzene rings is 2. The first-order valence-electron chi connectivity index (χ1n) is 12.1. The Labute approximate surface area is 217 Å². The van der Waals surface area contributed by atoms with E-state index in [-0.39, 0.29) is 38.7 Å². The highest BCUT2D eigenvalue weighted by Gasteiger charge is 2.34. The van der Waals surface area contributed by atoms with Crippen molar-refractivity contribution in [2.45, 2.75) is 39.5 Å². The Morgan fingerprint density at radius 3 is 2.45 bits per heavy atom. The van der Waals surface area contributed by atoms with Crippen LogP contribution in [0.3, 0.4) is 0 Å². The van der Waals surface area contributed by atoms with Gasteiger partial charge in [0, 0.05) is 13.1 Å². The van der Waals surface area contributed by atoms with Crippen LogP contribution >= 0.6 is 0 Å². The maximum absolute atomic E-state index is 13.5. The number of furan rings is 1. The van der Waals surface area contributed by atoms with E-state index in [2.05, 4.69) is 5.32 Å². The molecule has 1 aliphatic heterocycles. The largest absolute Gasteiger partial charge is 0.464 e. The molecule has 2 aromatic carbocycles. The SMILES string of the molecule is CCCN(CC(=O)N(Cc1ccc2c(c1)OCO2)Cc1ccc(C)o1)C(=O)Nc1ccccc1C(F)(F)F. The number of amides is 3. The molecule has 0 bridgehead atoms. The zero-order valence-electron chi connectivity index (χ0n) is 21.0. The molecule has 1 aromatic heterocycles. The number of hydrogen-bond acceptors (Lipinski definition) is 5. The number of ether oxygens (including phenoxy) is 2. The van der Waals surface area contributed by atoms with Crippen LogP contribution in [-0.2, 0) is 24.1 Å². The molecule has 2 heterocycles. The lowest BCUT2D eigenvalue weighted by atomic mass is 10.1. The summed E-state index contributed by atoms with van der Waals surface area (Å²) < 4.78 is 56.7. The van der Waals surface area contributed by atoms with Gasteiger partial charge in [-0.15, -0.1) is 0 Å². The van der Waals surface area contributed by atoms with Crippen molar-refractivity contribution in [3.8, 4) is 11.5 Å². The molecule has 0 aliphatic carbocycles. The first-order valence-corrected chi connectivity index (χ1v) is 12.1. The zero-order chi connectivity index (χ0) is 27.3. The van der Waals surface area contributed by atoms with Gasteiger partial charge in [-0.25, -0.2) is 4.79 Å². The van der Waals surface area contributed by atoms with Crippen LogP contribution in [0.1, 0.15) is 36.0 Å². The summed E-state index contributed by atoms with van der Waals surface area (Å²) in [5.41, 5.74) is -0.563. The summed E-state index contributed by atoms with van der Waals surface area (Å²) in [6, 6.07) is 12.8. The zero-order valence-corrected chi connectivity index (χ0v) is 21.0. The Kier molecular flexibility index (Phi) is 8.13. The van der Waals surface area contributed by atoms with E-state index < -0.39 is 23.7 Å². The molecule has 0 fully saturated rings. The number of alkyl halides is 3. The summed E-state index contributed by atoms with van der Waals surface area (Å²) in [5, 5.41) is 2.32. The number of nitrogens with zero attached hydrogens (tertiary/aromatic N) is 2. The van der Waals surface area contributed by atoms with Crippen LogP contribution in [0.25, 0.3) is 0 Å². The van der Waals surface area contributed by atoms with E-state index in [1.54, 1.807) is 31.2 Å².